The number of hydrogen-bond acceptors (Lipinski definition) is 7. The lowest BCUT2D eigenvalue weighted by atomic mass is 10.2. The lowest BCUT2D eigenvalue weighted by Crippen LogP contribution is -2.26. The molecule has 0 fully saturated rings. The quantitative estimate of drug-likeness (QED) is 0.322. The van der Waals surface area contributed by atoms with Crippen LogP contribution in [0, 0.1) is 10.1 Å². The normalized spacial score (nSPS) is 10.7. The SMILES string of the molecule is O=C(Cc1cc(=O)[nH]c(=O)[nH]1)N/N=C/c1cc([N+](=O)[O-])ccc1O. The summed E-state index contributed by atoms with van der Waals surface area (Å²) in [6.07, 6.45) is 0.720. The number of non-ortho nitro benzene ring substituents is 1. The second kappa shape index (κ2) is 7.00. The lowest BCUT2D eigenvalue weighted by molar-refractivity contribution is -0.384. The van der Waals surface area contributed by atoms with E-state index in [4.69, 9.17) is 0 Å². The summed E-state index contributed by atoms with van der Waals surface area (Å²) in [5.41, 5.74) is 0.603. The van der Waals surface area contributed by atoms with Gasteiger partial charge in [-0.1, -0.05) is 0 Å². The predicted molar refractivity (Wildman–Crippen MR) is 81.9 cm³/mol. The highest BCUT2D eigenvalue weighted by molar-refractivity contribution is 5.86. The number of phenolic OH excluding ortho intramolecular Hbond substituents is 1. The van der Waals surface area contributed by atoms with Crippen molar-refractivity contribution < 1.29 is 14.8 Å². The van der Waals surface area contributed by atoms with E-state index in [-0.39, 0.29) is 29.1 Å². The number of amides is 1. The summed E-state index contributed by atoms with van der Waals surface area (Å²) in [5, 5.41) is 23.8. The van der Waals surface area contributed by atoms with Crippen LogP contribution < -0.4 is 16.7 Å². The largest absolute Gasteiger partial charge is 0.507 e. The molecule has 4 N–H and O–H groups in total. The number of aromatic amines is 2. The minimum atomic E-state index is -0.740. The maximum atomic E-state index is 11.7. The van der Waals surface area contributed by atoms with Gasteiger partial charge in [0.05, 0.1) is 17.6 Å². The molecule has 1 aromatic heterocycles. The monoisotopic (exact) mass is 333 g/mol. The van der Waals surface area contributed by atoms with Crippen molar-refractivity contribution in [3.63, 3.8) is 0 Å². The van der Waals surface area contributed by atoms with Crippen LogP contribution in [0.5, 0.6) is 5.75 Å². The minimum absolute atomic E-state index is 0.0362. The van der Waals surface area contributed by atoms with E-state index in [1.54, 1.807) is 0 Å². The number of carbonyl (C=O) groups excluding carboxylic acids is 1. The summed E-state index contributed by atoms with van der Waals surface area (Å²) in [6.45, 7) is 0. The van der Waals surface area contributed by atoms with Gasteiger partial charge in [0.2, 0.25) is 5.91 Å². The molecular weight excluding hydrogens is 322 g/mol. The van der Waals surface area contributed by atoms with Crippen LogP contribution in [-0.4, -0.2) is 32.1 Å². The van der Waals surface area contributed by atoms with Gasteiger partial charge in [-0.15, -0.1) is 0 Å². The highest BCUT2D eigenvalue weighted by atomic mass is 16.6. The molecule has 0 unspecified atom stereocenters. The van der Waals surface area contributed by atoms with E-state index in [1.807, 2.05) is 4.98 Å². The summed E-state index contributed by atoms with van der Waals surface area (Å²) in [6, 6.07) is 4.38. The molecule has 0 aliphatic heterocycles. The van der Waals surface area contributed by atoms with Crippen LogP contribution >= 0.6 is 0 Å². The first-order valence-electron chi connectivity index (χ1n) is 6.47. The molecule has 0 bridgehead atoms. The fourth-order valence-corrected chi connectivity index (χ4v) is 1.76. The van der Waals surface area contributed by atoms with E-state index in [1.165, 1.54) is 0 Å². The molecule has 11 heteroatoms. The molecule has 2 rings (SSSR count). The van der Waals surface area contributed by atoms with Crippen LogP contribution in [0.3, 0.4) is 0 Å². The van der Waals surface area contributed by atoms with Gasteiger partial charge in [-0.3, -0.25) is 24.7 Å². The zero-order chi connectivity index (χ0) is 17.7. The van der Waals surface area contributed by atoms with Crippen LogP contribution in [0.4, 0.5) is 5.69 Å². The Balaban J connectivity index is 2.04. The first-order chi connectivity index (χ1) is 11.3. The molecule has 1 aromatic carbocycles. The fourth-order valence-electron chi connectivity index (χ4n) is 1.76. The second-order valence-electron chi connectivity index (χ2n) is 4.58. The zero-order valence-corrected chi connectivity index (χ0v) is 12.0. The average Bonchev–Trinajstić information content (AvgIpc) is 2.47. The van der Waals surface area contributed by atoms with Gasteiger partial charge < -0.3 is 10.1 Å². The number of hydrazone groups is 1. The van der Waals surface area contributed by atoms with Crippen molar-refractivity contribution >= 4 is 17.8 Å². The number of aromatic nitrogens is 2. The summed E-state index contributed by atoms with van der Waals surface area (Å²) in [7, 11) is 0. The molecule has 2 aromatic rings. The summed E-state index contributed by atoms with van der Waals surface area (Å²) in [5.74, 6) is -0.894. The Morgan fingerprint density at radius 1 is 1.33 bits per heavy atom. The molecule has 1 amide bonds. The number of benzene rings is 1. The van der Waals surface area contributed by atoms with Gasteiger partial charge in [-0.2, -0.15) is 5.10 Å². The smallest absolute Gasteiger partial charge is 0.325 e. The van der Waals surface area contributed by atoms with Gasteiger partial charge in [-0.25, -0.2) is 10.2 Å². The standard InChI is InChI=1S/C13H11N5O6/c19-10-2-1-9(18(23)24)3-7(10)6-14-17-12(21)5-8-4-11(20)16-13(22)15-8/h1-4,6,19H,5H2,(H,17,21)(H2,15,16,20,22)/b14-6+. The Bertz CT molecular complexity index is 901. The number of nitrogens with zero attached hydrogens (tertiary/aromatic N) is 2. The number of nitro groups is 1. The number of hydrogen-bond donors (Lipinski definition) is 4. The minimum Gasteiger partial charge on any atom is -0.507 e. The maximum absolute atomic E-state index is 11.7. The number of H-pyrrole nitrogens is 2. The molecule has 11 nitrogen and oxygen atoms in total. The summed E-state index contributed by atoms with van der Waals surface area (Å²) < 4.78 is 0. The molecule has 1 heterocycles. The Morgan fingerprint density at radius 3 is 2.75 bits per heavy atom. The third-order valence-electron chi connectivity index (χ3n) is 2.78. The number of rotatable bonds is 5. The van der Waals surface area contributed by atoms with Gasteiger partial charge in [0.25, 0.3) is 11.2 Å². The molecule has 0 saturated heterocycles. The van der Waals surface area contributed by atoms with Crippen molar-refractivity contribution in [2.24, 2.45) is 5.10 Å². The third kappa shape index (κ3) is 4.37. The van der Waals surface area contributed by atoms with E-state index in [0.29, 0.717) is 0 Å². The van der Waals surface area contributed by atoms with Crippen LogP contribution in [0.1, 0.15) is 11.3 Å². The average molecular weight is 333 g/mol. The predicted octanol–water partition coefficient (Wildman–Crippen LogP) is -0.630. The van der Waals surface area contributed by atoms with Crippen molar-refractivity contribution in [1.29, 1.82) is 0 Å². The van der Waals surface area contributed by atoms with Gasteiger partial charge >= 0.3 is 5.69 Å². The Labute approximate surface area is 132 Å². The van der Waals surface area contributed by atoms with Crippen molar-refractivity contribution in [2.45, 2.75) is 6.42 Å². The van der Waals surface area contributed by atoms with Crippen molar-refractivity contribution in [2.75, 3.05) is 0 Å². The molecule has 0 saturated carbocycles. The van der Waals surface area contributed by atoms with E-state index in [2.05, 4.69) is 15.5 Å². The van der Waals surface area contributed by atoms with E-state index >= 15 is 0 Å². The lowest BCUT2D eigenvalue weighted by Gasteiger charge is -2.01. The number of nitrogens with one attached hydrogen (secondary N) is 3. The number of phenols is 1. The third-order valence-corrected chi connectivity index (χ3v) is 2.78. The topological polar surface area (TPSA) is 171 Å². The molecule has 0 atom stereocenters. The van der Waals surface area contributed by atoms with Gasteiger partial charge in [0.1, 0.15) is 5.75 Å². The van der Waals surface area contributed by atoms with Gasteiger partial charge in [0.15, 0.2) is 0 Å². The first-order valence-corrected chi connectivity index (χ1v) is 6.47. The molecule has 0 aliphatic rings. The van der Waals surface area contributed by atoms with Crippen LogP contribution in [0.25, 0.3) is 0 Å². The highest BCUT2D eigenvalue weighted by Gasteiger charge is 2.09. The van der Waals surface area contributed by atoms with Gasteiger partial charge in [0, 0.05) is 29.5 Å². The summed E-state index contributed by atoms with van der Waals surface area (Å²) >= 11 is 0. The van der Waals surface area contributed by atoms with Crippen LogP contribution in [0.15, 0.2) is 39.0 Å². The van der Waals surface area contributed by atoms with Crippen molar-refractivity contribution in [3.8, 4) is 5.75 Å². The Hall–Kier alpha value is -3.76. The van der Waals surface area contributed by atoms with E-state index < -0.39 is 22.1 Å². The molecule has 124 valence electrons. The van der Waals surface area contributed by atoms with Crippen molar-refractivity contribution in [3.05, 3.63) is 66.5 Å². The number of carbonyl (C=O) groups is 1. The number of nitro benzene ring substituents is 1. The zero-order valence-electron chi connectivity index (χ0n) is 12.0. The van der Waals surface area contributed by atoms with Crippen LogP contribution in [-0.2, 0) is 11.2 Å². The van der Waals surface area contributed by atoms with Crippen molar-refractivity contribution in [1.82, 2.24) is 15.4 Å². The van der Waals surface area contributed by atoms with E-state index in [9.17, 15) is 29.6 Å². The molecule has 24 heavy (non-hydrogen) atoms. The fraction of sp³-hybridized carbons (Fsp3) is 0.0769. The summed E-state index contributed by atoms with van der Waals surface area (Å²) in [4.78, 5) is 48.1. The highest BCUT2D eigenvalue weighted by Crippen LogP contribution is 2.21. The van der Waals surface area contributed by atoms with Crippen LogP contribution in [0.2, 0.25) is 0 Å². The second-order valence-corrected chi connectivity index (χ2v) is 4.58. The molecule has 0 spiro atoms. The molecule has 0 aliphatic carbocycles. The van der Waals surface area contributed by atoms with Gasteiger partial charge in [-0.05, 0) is 6.07 Å². The molecular formula is C13H11N5O6. The Morgan fingerprint density at radius 2 is 2.08 bits per heavy atom. The van der Waals surface area contributed by atoms with E-state index in [0.717, 1.165) is 30.5 Å². The maximum Gasteiger partial charge on any atom is 0.325 e. The Kier molecular flexibility index (Phi) is 4.84. The molecule has 0 radical (unpaired) electrons. The first kappa shape index (κ1) is 16.6. The number of aromatic hydroxyl groups is 1.